The van der Waals surface area contributed by atoms with Gasteiger partial charge < -0.3 is 19.3 Å². The van der Waals surface area contributed by atoms with Crippen molar-refractivity contribution in [1.29, 1.82) is 0 Å². The van der Waals surface area contributed by atoms with Crippen LogP contribution in [0.1, 0.15) is 6.42 Å². The van der Waals surface area contributed by atoms with E-state index in [1.54, 1.807) is 6.20 Å². The maximum Gasteiger partial charge on any atom is 0.407 e. The zero-order chi connectivity index (χ0) is 19.3. The first kappa shape index (κ1) is 16.5. The second-order valence-electron chi connectivity index (χ2n) is 6.77. The minimum Gasteiger partial charge on any atom is -0.471 e. The van der Waals surface area contributed by atoms with E-state index in [0.717, 1.165) is 22.3 Å². The standard InChI is InChI=1S/C18H17N7O3/c1-24-15(10-2-3-13-11(6-10)7-21-23-13)22-14-16(24)19-9-20-17(14)28-12-4-5-25(8-12)18(26)27/h2-3,6-7,9,12H,4-5,8H2,1H3,(H,21,23)(H,26,27)/t12-/m0/s1. The van der Waals surface area contributed by atoms with E-state index < -0.39 is 6.09 Å². The van der Waals surface area contributed by atoms with E-state index in [1.165, 1.54) is 11.2 Å². The van der Waals surface area contributed by atoms with Crippen molar-refractivity contribution >= 4 is 28.2 Å². The minimum atomic E-state index is -0.936. The van der Waals surface area contributed by atoms with Gasteiger partial charge in [-0.3, -0.25) is 5.10 Å². The van der Waals surface area contributed by atoms with Gasteiger partial charge in [0, 0.05) is 31.0 Å². The highest BCUT2D eigenvalue weighted by Crippen LogP contribution is 2.29. The predicted molar refractivity (Wildman–Crippen MR) is 100 cm³/mol. The summed E-state index contributed by atoms with van der Waals surface area (Å²) in [6.45, 7) is 0.768. The molecule has 1 saturated heterocycles. The van der Waals surface area contributed by atoms with E-state index in [4.69, 9.17) is 14.8 Å². The molecule has 0 bridgehead atoms. The molecule has 0 unspecified atom stereocenters. The number of amides is 1. The molecule has 4 aromatic rings. The Bertz CT molecular complexity index is 1200. The van der Waals surface area contributed by atoms with E-state index in [9.17, 15) is 4.79 Å². The summed E-state index contributed by atoms with van der Waals surface area (Å²) in [7, 11) is 1.89. The van der Waals surface area contributed by atoms with Crippen LogP contribution in [0.25, 0.3) is 33.5 Å². The molecule has 142 valence electrons. The van der Waals surface area contributed by atoms with E-state index in [0.29, 0.717) is 36.6 Å². The Morgan fingerprint density at radius 1 is 1.36 bits per heavy atom. The molecule has 0 spiro atoms. The van der Waals surface area contributed by atoms with Gasteiger partial charge in [0.1, 0.15) is 18.3 Å². The molecule has 1 aromatic carbocycles. The number of H-pyrrole nitrogens is 1. The fourth-order valence-corrected chi connectivity index (χ4v) is 3.56. The number of nitrogens with one attached hydrogen (secondary N) is 1. The number of aromatic amines is 1. The van der Waals surface area contributed by atoms with Gasteiger partial charge in [0.2, 0.25) is 5.88 Å². The van der Waals surface area contributed by atoms with Crippen molar-refractivity contribution in [3.8, 4) is 17.3 Å². The lowest BCUT2D eigenvalue weighted by Gasteiger charge is -2.13. The quantitative estimate of drug-likeness (QED) is 0.558. The number of carboxylic acid groups (broad SMARTS) is 1. The van der Waals surface area contributed by atoms with Crippen molar-refractivity contribution in [2.24, 2.45) is 7.05 Å². The number of benzene rings is 1. The van der Waals surface area contributed by atoms with Crippen LogP contribution in [0.2, 0.25) is 0 Å². The Kier molecular flexibility index (Phi) is 3.64. The van der Waals surface area contributed by atoms with Crippen LogP contribution in [0.15, 0.2) is 30.7 Å². The fourth-order valence-electron chi connectivity index (χ4n) is 3.56. The maximum absolute atomic E-state index is 11.1. The van der Waals surface area contributed by atoms with Crippen LogP contribution in [0.3, 0.4) is 0 Å². The molecule has 1 atom stereocenters. The third-order valence-corrected chi connectivity index (χ3v) is 5.01. The Morgan fingerprint density at radius 3 is 3.07 bits per heavy atom. The summed E-state index contributed by atoms with van der Waals surface area (Å²) in [6, 6.07) is 5.94. The molecule has 3 aromatic heterocycles. The van der Waals surface area contributed by atoms with Gasteiger partial charge in [0.25, 0.3) is 0 Å². The molecule has 4 heterocycles. The molecule has 0 radical (unpaired) electrons. The SMILES string of the molecule is Cn1c(-c2ccc3[nH]ncc3c2)nc2c(O[C@H]3CCN(C(=O)O)C3)ncnc21. The molecule has 28 heavy (non-hydrogen) atoms. The summed E-state index contributed by atoms with van der Waals surface area (Å²) in [5.74, 6) is 1.11. The highest BCUT2D eigenvalue weighted by molar-refractivity contribution is 5.86. The molecule has 1 aliphatic heterocycles. The first-order valence-corrected chi connectivity index (χ1v) is 8.85. The molecule has 2 N–H and O–H groups in total. The summed E-state index contributed by atoms with van der Waals surface area (Å²) in [5.41, 5.74) is 3.09. The lowest BCUT2D eigenvalue weighted by molar-refractivity contribution is 0.145. The predicted octanol–water partition coefficient (Wildman–Crippen LogP) is 2.04. The number of aromatic nitrogens is 6. The number of aryl methyl sites for hydroxylation is 1. The van der Waals surface area contributed by atoms with Crippen LogP contribution in [-0.2, 0) is 7.05 Å². The van der Waals surface area contributed by atoms with Crippen molar-refractivity contribution in [3.05, 3.63) is 30.7 Å². The summed E-state index contributed by atoms with van der Waals surface area (Å²) >= 11 is 0. The molecule has 10 nitrogen and oxygen atoms in total. The number of imidazole rings is 1. The summed E-state index contributed by atoms with van der Waals surface area (Å²) < 4.78 is 7.88. The van der Waals surface area contributed by atoms with Gasteiger partial charge in [0.15, 0.2) is 11.2 Å². The van der Waals surface area contributed by atoms with E-state index >= 15 is 0 Å². The van der Waals surface area contributed by atoms with Gasteiger partial charge in [-0.05, 0) is 18.2 Å². The Hall–Kier alpha value is -3.69. The number of carbonyl (C=O) groups is 1. The van der Waals surface area contributed by atoms with Gasteiger partial charge in [0.05, 0.1) is 18.3 Å². The molecule has 0 aliphatic carbocycles. The second-order valence-corrected chi connectivity index (χ2v) is 6.77. The largest absolute Gasteiger partial charge is 0.471 e. The zero-order valence-corrected chi connectivity index (χ0v) is 15.0. The van der Waals surface area contributed by atoms with Crippen LogP contribution in [0, 0.1) is 0 Å². The van der Waals surface area contributed by atoms with Gasteiger partial charge in [-0.15, -0.1) is 0 Å². The normalized spacial score (nSPS) is 16.9. The number of fused-ring (bicyclic) bond motifs is 2. The molecular formula is C18H17N7O3. The van der Waals surface area contributed by atoms with Crippen LogP contribution in [0.5, 0.6) is 5.88 Å². The number of nitrogens with zero attached hydrogens (tertiary/aromatic N) is 6. The Labute approximate surface area is 158 Å². The molecular weight excluding hydrogens is 362 g/mol. The van der Waals surface area contributed by atoms with Crippen molar-refractivity contribution in [1.82, 2.24) is 34.6 Å². The average Bonchev–Trinajstić information content (AvgIpc) is 3.41. The third-order valence-electron chi connectivity index (χ3n) is 5.01. The highest BCUT2D eigenvalue weighted by atomic mass is 16.5. The first-order valence-electron chi connectivity index (χ1n) is 8.85. The molecule has 1 aliphatic rings. The first-order chi connectivity index (χ1) is 13.6. The van der Waals surface area contributed by atoms with Crippen LogP contribution in [0.4, 0.5) is 4.79 Å². The summed E-state index contributed by atoms with van der Waals surface area (Å²) in [4.78, 5) is 25.8. The number of ether oxygens (including phenoxy) is 1. The highest BCUT2D eigenvalue weighted by Gasteiger charge is 2.28. The van der Waals surface area contributed by atoms with Crippen molar-refractivity contribution in [2.45, 2.75) is 12.5 Å². The topological polar surface area (TPSA) is 122 Å². The van der Waals surface area contributed by atoms with Gasteiger partial charge in [-0.25, -0.2) is 14.8 Å². The molecule has 5 rings (SSSR count). The Morgan fingerprint density at radius 2 is 2.25 bits per heavy atom. The monoisotopic (exact) mass is 379 g/mol. The van der Waals surface area contributed by atoms with E-state index in [2.05, 4.69) is 20.2 Å². The second kappa shape index (κ2) is 6.19. The van der Waals surface area contributed by atoms with Crippen molar-refractivity contribution in [3.63, 3.8) is 0 Å². The third kappa shape index (κ3) is 2.61. The van der Waals surface area contributed by atoms with Crippen LogP contribution >= 0.6 is 0 Å². The molecule has 10 heteroatoms. The van der Waals surface area contributed by atoms with Gasteiger partial charge in [-0.2, -0.15) is 10.1 Å². The fraction of sp³-hybridized carbons (Fsp3) is 0.278. The molecule has 0 saturated carbocycles. The Balaban J connectivity index is 1.52. The van der Waals surface area contributed by atoms with E-state index in [1.807, 2.05) is 29.8 Å². The zero-order valence-electron chi connectivity index (χ0n) is 15.0. The molecule has 1 fully saturated rings. The van der Waals surface area contributed by atoms with Gasteiger partial charge >= 0.3 is 6.09 Å². The number of hydrogen-bond acceptors (Lipinski definition) is 6. The van der Waals surface area contributed by atoms with E-state index in [-0.39, 0.29) is 6.10 Å². The lowest BCUT2D eigenvalue weighted by atomic mass is 10.1. The lowest BCUT2D eigenvalue weighted by Crippen LogP contribution is -2.29. The minimum absolute atomic E-state index is 0.248. The van der Waals surface area contributed by atoms with Crippen LogP contribution < -0.4 is 4.74 Å². The van der Waals surface area contributed by atoms with Crippen molar-refractivity contribution in [2.75, 3.05) is 13.1 Å². The van der Waals surface area contributed by atoms with Crippen LogP contribution in [-0.4, -0.2) is 65.0 Å². The summed E-state index contributed by atoms with van der Waals surface area (Å²) in [6.07, 6.45) is 2.64. The van der Waals surface area contributed by atoms with Gasteiger partial charge in [-0.1, -0.05) is 0 Å². The van der Waals surface area contributed by atoms with Crippen molar-refractivity contribution < 1.29 is 14.6 Å². The number of hydrogen-bond donors (Lipinski definition) is 2. The molecule has 1 amide bonds. The average molecular weight is 379 g/mol. The smallest absolute Gasteiger partial charge is 0.407 e. The maximum atomic E-state index is 11.1. The summed E-state index contributed by atoms with van der Waals surface area (Å²) in [5, 5.41) is 17.1. The number of likely N-dealkylation sites (tertiary alicyclic amines) is 1. The number of rotatable bonds is 3.